The van der Waals surface area contributed by atoms with Gasteiger partial charge in [-0.2, -0.15) is 0 Å². The molecule has 0 spiro atoms. The molecule has 0 radical (unpaired) electrons. The van der Waals surface area contributed by atoms with E-state index >= 15 is 0 Å². The summed E-state index contributed by atoms with van der Waals surface area (Å²) in [6.45, 7) is -0.0875. The first kappa shape index (κ1) is 32.4. The molecule has 9 nitrogen and oxygen atoms in total. The molecule has 2 N–H and O–H groups in total. The van der Waals surface area contributed by atoms with E-state index in [0.717, 1.165) is 16.7 Å². The molecule has 1 atom stereocenters. The van der Waals surface area contributed by atoms with Gasteiger partial charge in [-0.3, -0.25) is 19.2 Å². The van der Waals surface area contributed by atoms with Crippen LogP contribution in [0.1, 0.15) is 36.8 Å². The summed E-state index contributed by atoms with van der Waals surface area (Å²) in [5.41, 5.74) is 8.14. The molecule has 4 rings (SSSR count). The minimum Gasteiger partial charge on any atom is -0.497 e. The maximum Gasteiger partial charge on any atom is 0.246 e. The van der Waals surface area contributed by atoms with E-state index in [0.29, 0.717) is 31.4 Å². The van der Waals surface area contributed by atoms with E-state index in [2.05, 4.69) is 0 Å². The number of carbonyl (C=O) groups excluding carboxylic acids is 4. The highest BCUT2D eigenvalue weighted by Gasteiger charge is 2.39. The van der Waals surface area contributed by atoms with Gasteiger partial charge in [-0.1, -0.05) is 35.9 Å². The van der Waals surface area contributed by atoms with Crippen LogP contribution in [0.3, 0.4) is 0 Å². The number of primary amides is 1. The van der Waals surface area contributed by atoms with Gasteiger partial charge in [0.25, 0.3) is 0 Å². The zero-order valence-corrected chi connectivity index (χ0v) is 24.8. The predicted octanol–water partition coefficient (Wildman–Crippen LogP) is 3.33. The number of amides is 4. The maximum atomic E-state index is 14.0. The first-order chi connectivity index (χ1) is 21.1. The summed E-state index contributed by atoms with van der Waals surface area (Å²) in [7, 11) is 1.56. The van der Waals surface area contributed by atoms with Crippen molar-refractivity contribution in [1.29, 1.82) is 0 Å². The van der Waals surface area contributed by atoms with E-state index in [-0.39, 0.29) is 63.1 Å². The normalized spacial score (nSPS) is 17.1. The van der Waals surface area contributed by atoms with Gasteiger partial charge in [-0.05, 0) is 67.2 Å². The summed E-state index contributed by atoms with van der Waals surface area (Å²) in [6, 6.07) is 12.1. The van der Waals surface area contributed by atoms with Gasteiger partial charge in [0, 0.05) is 26.1 Å². The van der Waals surface area contributed by atoms with E-state index in [1.165, 1.54) is 32.9 Å². The van der Waals surface area contributed by atoms with E-state index in [1.807, 2.05) is 12.1 Å². The third kappa shape index (κ3) is 8.98. The summed E-state index contributed by atoms with van der Waals surface area (Å²) in [5.74, 6) is -1.94. The van der Waals surface area contributed by atoms with E-state index < -0.39 is 23.8 Å². The van der Waals surface area contributed by atoms with Crippen LogP contribution < -0.4 is 10.5 Å². The number of nitrogens with two attached hydrogens (primary N) is 1. The zero-order valence-electron chi connectivity index (χ0n) is 24.8. The number of hydrogen-bond donors (Lipinski definition) is 1. The van der Waals surface area contributed by atoms with Gasteiger partial charge in [0.1, 0.15) is 23.4 Å². The van der Waals surface area contributed by atoms with E-state index in [9.17, 15) is 28.0 Å². The van der Waals surface area contributed by atoms with Gasteiger partial charge < -0.3 is 25.2 Å². The average Bonchev–Trinajstić information content (AvgIpc) is 3.13. The van der Waals surface area contributed by atoms with Crippen molar-refractivity contribution >= 4 is 23.6 Å². The number of nitrogens with zero attached hydrogens (tertiary/aromatic N) is 3. The molecule has 0 saturated carbocycles. The zero-order chi connectivity index (χ0) is 31.6. The largest absolute Gasteiger partial charge is 0.497 e. The summed E-state index contributed by atoms with van der Waals surface area (Å²) in [4.78, 5) is 57.3. The number of hydrogen-bond acceptors (Lipinski definition) is 5. The minimum absolute atomic E-state index is 0.143. The lowest BCUT2D eigenvalue weighted by molar-refractivity contribution is -0.146. The van der Waals surface area contributed by atoms with Crippen molar-refractivity contribution in [2.75, 3.05) is 39.8 Å². The molecule has 1 aliphatic heterocycles. The number of methoxy groups -OCH3 is 1. The third-order valence-electron chi connectivity index (χ3n) is 7.96. The van der Waals surface area contributed by atoms with Crippen molar-refractivity contribution < 1.29 is 32.7 Å². The maximum absolute atomic E-state index is 14.0. The van der Waals surface area contributed by atoms with Crippen molar-refractivity contribution in [2.24, 2.45) is 5.73 Å². The monoisotopic (exact) mass is 608 g/mol. The molecule has 2 aliphatic rings. The topological polar surface area (TPSA) is 113 Å². The first-order valence-electron chi connectivity index (χ1n) is 14.7. The van der Waals surface area contributed by atoms with Gasteiger partial charge in [0.2, 0.25) is 23.6 Å². The average molecular weight is 609 g/mol. The molecule has 0 aromatic heterocycles. The summed E-state index contributed by atoms with van der Waals surface area (Å²) in [6.07, 6.45) is 4.82. The molecule has 11 heteroatoms. The molecule has 234 valence electrons. The SMILES string of the molecule is COc1ccc(CCN(CC(N)=O)C(=O)C2CC(=O)N(CCc3ccc(F)cc3)CC(=O)N2CCC2=CC=C(F)CC2)cc1. The van der Waals surface area contributed by atoms with Crippen LogP contribution in [0.2, 0.25) is 0 Å². The van der Waals surface area contributed by atoms with Crippen molar-refractivity contribution in [3.63, 3.8) is 0 Å². The molecule has 1 saturated heterocycles. The number of benzene rings is 2. The molecule has 4 amide bonds. The molecule has 44 heavy (non-hydrogen) atoms. The quantitative estimate of drug-likeness (QED) is 0.375. The smallest absolute Gasteiger partial charge is 0.246 e. The van der Waals surface area contributed by atoms with Crippen LogP contribution in [0.5, 0.6) is 5.75 Å². The fourth-order valence-corrected chi connectivity index (χ4v) is 5.39. The molecule has 1 fully saturated rings. The van der Waals surface area contributed by atoms with Crippen LogP contribution in [0.4, 0.5) is 8.78 Å². The summed E-state index contributed by atoms with van der Waals surface area (Å²) in [5, 5.41) is 0. The third-order valence-corrected chi connectivity index (χ3v) is 7.96. The Hall–Kier alpha value is -4.54. The lowest BCUT2D eigenvalue weighted by Crippen LogP contribution is -2.53. The first-order valence-corrected chi connectivity index (χ1v) is 14.7. The van der Waals surface area contributed by atoms with Crippen molar-refractivity contribution in [1.82, 2.24) is 14.7 Å². The van der Waals surface area contributed by atoms with Crippen molar-refractivity contribution in [3.05, 3.63) is 89.0 Å². The van der Waals surface area contributed by atoms with Crippen LogP contribution in [0, 0.1) is 5.82 Å². The lowest BCUT2D eigenvalue weighted by atomic mass is 10.0. The molecule has 2 aromatic rings. The summed E-state index contributed by atoms with van der Waals surface area (Å²) >= 11 is 0. The number of carbonyl (C=O) groups is 4. The molecule has 1 heterocycles. The number of ether oxygens (including phenoxy) is 1. The molecular weight excluding hydrogens is 570 g/mol. The number of allylic oxidation sites excluding steroid dienone is 3. The Kier molecular flexibility index (Phi) is 11.2. The van der Waals surface area contributed by atoms with Crippen molar-refractivity contribution in [2.45, 2.75) is 44.6 Å². The Morgan fingerprint density at radius 3 is 2.23 bits per heavy atom. The van der Waals surface area contributed by atoms with Crippen LogP contribution in [0.25, 0.3) is 0 Å². The Morgan fingerprint density at radius 2 is 1.59 bits per heavy atom. The fourth-order valence-electron chi connectivity index (χ4n) is 5.39. The van der Waals surface area contributed by atoms with Crippen LogP contribution in [0.15, 0.2) is 72.1 Å². The van der Waals surface area contributed by atoms with Crippen molar-refractivity contribution in [3.8, 4) is 5.75 Å². The van der Waals surface area contributed by atoms with Crippen LogP contribution in [-0.4, -0.2) is 84.2 Å². The van der Waals surface area contributed by atoms with Gasteiger partial charge in [0.15, 0.2) is 0 Å². The number of rotatable bonds is 13. The van der Waals surface area contributed by atoms with Gasteiger partial charge in [0.05, 0.1) is 26.6 Å². The Bertz CT molecular complexity index is 1410. The number of halogens is 2. The second-order valence-corrected chi connectivity index (χ2v) is 11.0. The van der Waals surface area contributed by atoms with E-state index in [4.69, 9.17) is 10.5 Å². The molecular formula is C33H38F2N4O5. The van der Waals surface area contributed by atoms with E-state index in [1.54, 1.807) is 37.5 Å². The molecule has 1 aliphatic carbocycles. The highest BCUT2D eigenvalue weighted by Crippen LogP contribution is 2.24. The van der Waals surface area contributed by atoms with Gasteiger partial charge in [-0.25, -0.2) is 8.78 Å². The predicted molar refractivity (Wildman–Crippen MR) is 160 cm³/mol. The Labute approximate surface area is 255 Å². The van der Waals surface area contributed by atoms with Crippen LogP contribution in [-0.2, 0) is 32.0 Å². The minimum atomic E-state index is -1.14. The lowest BCUT2D eigenvalue weighted by Gasteiger charge is -2.33. The standard InChI is InChI=1S/C33H38F2N4O5/c1-44-28-12-6-25(7-13-28)15-18-38(21-30(36)40)33(43)29-20-31(41)37(17-14-23-2-8-26(34)9-3-23)22-32(42)39(29)19-16-24-4-10-27(35)11-5-24/h2-4,6-10,12-13,29H,5,11,14-22H2,1H3,(H2,36,40). The molecule has 2 aromatic carbocycles. The fraction of sp³-hybridized carbons (Fsp3) is 0.394. The Balaban J connectivity index is 1.55. The highest BCUT2D eigenvalue weighted by molar-refractivity contribution is 5.97. The Morgan fingerprint density at radius 1 is 0.909 bits per heavy atom. The highest BCUT2D eigenvalue weighted by atomic mass is 19.1. The second-order valence-electron chi connectivity index (χ2n) is 11.0. The van der Waals surface area contributed by atoms with Gasteiger partial charge >= 0.3 is 0 Å². The van der Waals surface area contributed by atoms with Crippen LogP contribution >= 0.6 is 0 Å². The summed E-state index contributed by atoms with van der Waals surface area (Å²) < 4.78 is 32.1. The second kappa shape index (κ2) is 15.3. The van der Waals surface area contributed by atoms with Gasteiger partial charge in [-0.15, -0.1) is 0 Å². The molecule has 1 unspecified atom stereocenters. The molecule has 0 bridgehead atoms.